The molecular weight excluding hydrogens is 230 g/mol. The molecule has 0 bridgehead atoms. The maximum Gasteiger partial charge on any atom is 0.410 e. The Morgan fingerprint density at radius 2 is 2.06 bits per heavy atom. The summed E-state index contributed by atoms with van der Waals surface area (Å²) >= 11 is 0. The van der Waals surface area contributed by atoms with E-state index in [4.69, 9.17) is 4.74 Å². The molecule has 1 aliphatic rings. The van der Waals surface area contributed by atoms with Crippen LogP contribution < -0.4 is 0 Å². The first kappa shape index (κ1) is 12.6. The van der Waals surface area contributed by atoms with Gasteiger partial charge in [0.05, 0.1) is 13.1 Å². The number of rotatable bonds is 6. The molecule has 96 valence electrons. The van der Waals surface area contributed by atoms with E-state index in [9.17, 15) is 9.59 Å². The Bertz CT molecular complexity index is 416. The van der Waals surface area contributed by atoms with E-state index in [0.29, 0.717) is 19.6 Å². The molecular formula is C14H17NO3. The number of benzene rings is 1. The highest BCUT2D eigenvalue weighted by atomic mass is 16.6. The van der Waals surface area contributed by atoms with Crippen molar-refractivity contribution in [2.45, 2.75) is 19.3 Å². The third-order valence-corrected chi connectivity index (χ3v) is 2.98. The molecule has 0 atom stereocenters. The second kappa shape index (κ2) is 6.19. The third-order valence-electron chi connectivity index (χ3n) is 2.98. The van der Waals surface area contributed by atoms with E-state index < -0.39 is 0 Å². The van der Waals surface area contributed by atoms with E-state index >= 15 is 0 Å². The minimum absolute atomic E-state index is 0.102. The molecule has 0 unspecified atom stereocenters. The number of Topliss-reactive ketones (excluding diaryl/α,β-unsaturated/α-hetero) is 1. The lowest BCUT2D eigenvalue weighted by Crippen LogP contribution is -2.30. The number of carbonyl (C=O) groups is 2. The van der Waals surface area contributed by atoms with Crippen LogP contribution in [0.3, 0.4) is 0 Å². The molecule has 18 heavy (non-hydrogen) atoms. The summed E-state index contributed by atoms with van der Waals surface area (Å²) in [6.07, 6.45) is 1.87. The van der Waals surface area contributed by atoms with Gasteiger partial charge in [-0.05, 0) is 18.4 Å². The van der Waals surface area contributed by atoms with Gasteiger partial charge in [-0.15, -0.1) is 0 Å². The summed E-state index contributed by atoms with van der Waals surface area (Å²) in [5, 5.41) is 0. The summed E-state index contributed by atoms with van der Waals surface area (Å²) in [6.45, 7) is 1.12. The van der Waals surface area contributed by atoms with E-state index in [1.54, 1.807) is 0 Å². The van der Waals surface area contributed by atoms with Gasteiger partial charge in [-0.25, -0.2) is 4.79 Å². The monoisotopic (exact) mass is 247 g/mol. The van der Waals surface area contributed by atoms with E-state index in [0.717, 1.165) is 12.8 Å². The maximum absolute atomic E-state index is 11.7. The SMILES string of the molecule is O=C(CCCc1ccccc1)CN1CCOC1=O. The fraction of sp³-hybridized carbons (Fsp3) is 0.429. The van der Waals surface area contributed by atoms with Crippen LogP contribution in [0.4, 0.5) is 4.79 Å². The molecule has 1 fully saturated rings. The zero-order chi connectivity index (χ0) is 12.8. The average Bonchev–Trinajstić information content (AvgIpc) is 2.76. The highest BCUT2D eigenvalue weighted by molar-refractivity contribution is 5.84. The van der Waals surface area contributed by atoms with Gasteiger partial charge in [-0.1, -0.05) is 30.3 Å². The van der Waals surface area contributed by atoms with Crippen LogP contribution >= 0.6 is 0 Å². The Labute approximate surface area is 107 Å². The van der Waals surface area contributed by atoms with Crippen LogP contribution in [-0.4, -0.2) is 36.5 Å². The quantitative estimate of drug-likeness (QED) is 0.772. The van der Waals surface area contributed by atoms with Crippen molar-refractivity contribution in [1.29, 1.82) is 0 Å². The minimum atomic E-state index is -0.369. The summed E-state index contributed by atoms with van der Waals surface area (Å²) in [5.41, 5.74) is 1.24. The molecule has 0 N–H and O–H groups in total. The fourth-order valence-electron chi connectivity index (χ4n) is 2.00. The van der Waals surface area contributed by atoms with Gasteiger partial charge in [0.2, 0.25) is 0 Å². The zero-order valence-electron chi connectivity index (χ0n) is 10.3. The lowest BCUT2D eigenvalue weighted by atomic mass is 10.1. The van der Waals surface area contributed by atoms with Gasteiger partial charge in [0.25, 0.3) is 0 Å². The zero-order valence-corrected chi connectivity index (χ0v) is 10.3. The van der Waals surface area contributed by atoms with Crippen LogP contribution in [0.15, 0.2) is 30.3 Å². The molecule has 4 heteroatoms. The van der Waals surface area contributed by atoms with E-state index in [1.165, 1.54) is 10.5 Å². The third kappa shape index (κ3) is 3.58. The summed E-state index contributed by atoms with van der Waals surface area (Å²) in [7, 11) is 0. The normalized spacial score (nSPS) is 14.7. The lowest BCUT2D eigenvalue weighted by molar-refractivity contribution is -0.119. The Kier molecular flexibility index (Phi) is 4.34. The van der Waals surface area contributed by atoms with Gasteiger partial charge >= 0.3 is 6.09 Å². The highest BCUT2D eigenvalue weighted by Crippen LogP contribution is 2.07. The van der Waals surface area contributed by atoms with Gasteiger partial charge in [-0.3, -0.25) is 9.69 Å². The first-order chi connectivity index (χ1) is 8.75. The number of amides is 1. The van der Waals surface area contributed by atoms with Crippen molar-refractivity contribution in [2.24, 2.45) is 0 Å². The molecule has 0 aliphatic carbocycles. The first-order valence-electron chi connectivity index (χ1n) is 6.23. The van der Waals surface area contributed by atoms with Crippen molar-refractivity contribution in [3.63, 3.8) is 0 Å². The van der Waals surface area contributed by atoms with Crippen molar-refractivity contribution in [1.82, 2.24) is 4.90 Å². The predicted molar refractivity (Wildman–Crippen MR) is 67.3 cm³/mol. The summed E-state index contributed by atoms with van der Waals surface area (Å²) in [4.78, 5) is 24.3. The van der Waals surface area contributed by atoms with Crippen LogP contribution in [0, 0.1) is 0 Å². The Morgan fingerprint density at radius 3 is 2.72 bits per heavy atom. The van der Waals surface area contributed by atoms with Crippen LogP contribution in [0.25, 0.3) is 0 Å². The van der Waals surface area contributed by atoms with Crippen molar-refractivity contribution >= 4 is 11.9 Å². The van der Waals surface area contributed by atoms with Crippen LogP contribution in [0.5, 0.6) is 0 Å². The predicted octanol–water partition coefficient (Wildman–Crippen LogP) is 2.03. The second-order valence-electron chi connectivity index (χ2n) is 4.41. The number of ether oxygens (including phenoxy) is 1. The van der Waals surface area contributed by atoms with Crippen molar-refractivity contribution in [3.05, 3.63) is 35.9 Å². The highest BCUT2D eigenvalue weighted by Gasteiger charge is 2.23. The van der Waals surface area contributed by atoms with E-state index in [2.05, 4.69) is 12.1 Å². The Hall–Kier alpha value is -1.84. The molecule has 4 nitrogen and oxygen atoms in total. The van der Waals surface area contributed by atoms with Crippen LogP contribution in [0.1, 0.15) is 18.4 Å². The van der Waals surface area contributed by atoms with E-state index in [1.807, 2.05) is 18.2 Å². The molecule has 2 rings (SSSR count). The van der Waals surface area contributed by atoms with Gasteiger partial charge in [0, 0.05) is 6.42 Å². The second-order valence-corrected chi connectivity index (χ2v) is 4.41. The van der Waals surface area contributed by atoms with Crippen molar-refractivity contribution in [3.8, 4) is 0 Å². The molecule has 0 radical (unpaired) electrons. The van der Waals surface area contributed by atoms with Crippen molar-refractivity contribution in [2.75, 3.05) is 19.7 Å². The van der Waals surface area contributed by atoms with Gasteiger partial charge in [-0.2, -0.15) is 0 Å². The Morgan fingerprint density at radius 1 is 1.28 bits per heavy atom. The molecule has 1 saturated heterocycles. The average molecular weight is 247 g/mol. The van der Waals surface area contributed by atoms with E-state index in [-0.39, 0.29) is 18.4 Å². The number of aryl methyl sites for hydroxylation is 1. The Balaban J connectivity index is 1.67. The van der Waals surface area contributed by atoms with Crippen LogP contribution in [0.2, 0.25) is 0 Å². The first-order valence-corrected chi connectivity index (χ1v) is 6.23. The number of hydrogen-bond acceptors (Lipinski definition) is 3. The largest absolute Gasteiger partial charge is 0.448 e. The van der Waals surface area contributed by atoms with Gasteiger partial charge < -0.3 is 4.74 Å². The molecule has 0 aromatic heterocycles. The van der Waals surface area contributed by atoms with Crippen molar-refractivity contribution < 1.29 is 14.3 Å². The number of ketones is 1. The number of hydrogen-bond donors (Lipinski definition) is 0. The summed E-state index contributed by atoms with van der Waals surface area (Å²) in [5.74, 6) is 0.102. The molecule has 0 saturated carbocycles. The number of nitrogens with zero attached hydrogens (tertiary/aromatic N) is 1. The molecule has 1 aliphatic heterocycles. The summed E-state index contributed by atoms with van der Waals surface area (Å²) in [6, 6.07) is 10.1. The smallest absolute Gasteiger partial charge is 0.410 e. The molecule has 1 heterocycles. The summed E-state index contributed by atoms with van der Waals surface area (Å²) < 4.78 is 4.77. The fourth-order valence-corrected chi connectivity index (χ4v) is 2.00. The van der Waals surface area contributed by atoms with Gasteiger partial charge in [0.15, 0.2) is 5.78 Å². The molecule has 1 aromatic carbocycles. The number of cyclic esters (lactones) is 1. The maximum atomic E-state index is 11.7. The molecule has 1 aromatic rings. The van der Waals surface area contributed by atoms with Crippen LogP contribution in [-0.2, 0) is 16.0 Å². The minimum Gasteiger partial charge on any atom is -0.448 e. The molecule has 1 amide bonds. The standard InChI is InChI=1S/C14H17NO3/c16-13(11-15-9-10-18-14(15)17)8-4-7-12-5-2-1-3-6-12/h1-3,5-6H,4,7-11H2. The lowest BCUT2D eigenvalue weighted by Gasteiger charge is -2.10. The molecule has 0 spiro atoms. The topological polar surface area (TPSA) is 46.6 Å². The van der Waals surface area contributed by atoms with Gasteiger partial charge in [0.1, 0.15) is 6.61 Å². The number of carbonyl (C=O) groups excluding carboxylic acids is 2.